The van der Waals surface area contributed by atoms with Crippen LogP contribution in [0.3, 0.4) is 0 Å². The maximum Gasteiger partial charge on any atom is 0.227 e. The summed E-state index contributed by atoms with van der Waals surface area (Å²) < 4.78 is 17.1. The minimum atomic E-state index is -0.650. The van der Waals surface area contributed by atoms with E-state index < -0.39 is 5.60 Å². The summed E-state index contributed by atoms with van der Waals surface area (Å²) in [6.07, 6.45) is 1.60. The number of nitrogens with zero attached hydrogens (tertiary/aromatic N) is 2. The lowest BCUT2D eigenvalue weighted by Crippen LogP contribution is -2.53. The fourth-order valence-electron chi connectivity index (χ4n) is 5.42. The van der Waals surface area contributed by atoms with E-state index in [-0.39, 0.29) is 36.4 Å². The Labute approximate surface area is 204 Å². The Kier molecular flexibility index (Phi) is 6.13. The molecule has 2 fully saturated rings. The Morgan fingerprint density at radius 3 is 2.51 bits per heavy atom. The summed E-state index contributed by atoms with van der Waals surface area (Å²) in [5.41, 5.74) is 0.852. The lowest BCUT2D eigenvalue weighted by Gasteiger charge is -2.44. The Hall–Kier alpha value is -3.55. The lowest BCUT2D eigenvalue weighted by atomic mass is 9.82. The van der Waals surface area contributed by atoms with Crippen LogP contribution in [0.25, 0.3) is 0 Å². The molecular formula is C27H30N2O6. The van der Waals surface area contributed by atoms with E-state index in [1.54, 1.807) is 24.1 Å². The number of carbonyl (C=O) groups is 3. The number of carbonyl (C=O) groups excluding carboxylic acids is 3. The molecule has 1 spiro atoms. The first-order chi connectivity index (χ1) is 16.9. The van der Waals surface area contributed by atoms with Crippen molar-refractivity contribution in [3.63, 3.8) is 0 Å². The van der Waals surface area contributed by atoms with Gasteiger partial charge in [0, 0.05) is 57.6 Å². The zero-order chi connectivity index (χ0) is 24.6. The smallest absolute Gasteiger partial charge is 0.227 e. The molecule has 8 nitrogen and oxygen atoms in total. The Morgan fingerprint density at radius 1 is 1.09 bits per heavy atom. The van der Waals surface area contributed by atoms with Gasteiger partial charge in [-0.2, -0.15) is 0 Å². The predicted molar refractivity (Wildman–Crippen MR) is 128 cm³/mol. The average Bonchev–Trinajstić information content (AvgIpc) is 3.23. The number of hydrogen-bond acceptors (Lipinski definition) is 6. The van der Waals surface area contributed by atoms with E-state index in [0.29, 0.717) is 61.8 Å². The Bertz CT molecular complexity index is 1140. The van der Waals surface area contributed by atoms with Crippen LogP contribution in [-0.4, -0.2) is 66.9 Å². The fraction of sp³-hybridized carbons (Fsp3) is 0.444. The van der Waals surface area contributed by atoms with Crippen molar-refractivity contribution < 1.29 is 28.6 Å². The highest BCUT2D eigenvalue weighted by molar-refractivity contribution is 6.03. The number of ketones is 1. The van der Waals surface area contributed by atoms with Crippen LogP contribution >= 0.6 is 0 Å². The van der Waals surface area contributed by atoms with Gasteiger partial charge in [-0.1, -0.05) is 30.3 Å². The van der Waals surface area contributed by atoms with Gasteiger partial charge >= 0.3 is 0 Å². The number of rotatable bonds is 5. The molecule has 184 valence electrons. The normalized spacial score (nSPS) is 21.0. The number of amides is 2. The molecular weight excluding hydrogens is 448 g/mol. The molecule has 2 aromatic rings. The van der Waals surface area contributed by atoms with Crippen LogP contribution in [0.15, 0.2) is 42.5 Å². The monoisotopic (exact) mass is 478 g/mol. The van der Waals surface area contributed by atoms with Crippen LogP contribution in [0.4, 0.5) is 0 Å². The van der Waals surface area contributed by atoms with Gasteiger partial charge in [0.1, 0.15) is 28.4 Å². The van der Waals surface area contributed by atoms with Crippen LogP contribution in [0, 0.1) is 5.92 Å². The van der Waals surface area contributed by atoms with Crippen molar-refractivity contribution in [3.05, 3.63) is 53.6 Å². The van der Waals surface area contributed by atoms with Crippen LogP contribution < -0.4 is 14.2 Å². The number of piperidine rings is 1. The van der Waals surface area contributed by atoms with Crippen molar-refractivity contribution in [1.82, 2.24) is 9.80 Å². The van der Waals surface area contributed by atoms with Crippen LogP contribution in [0.1, 0.15) is 41.6 Å². The standard InChI is InChI=1S/C27H30N2O6/c1-33-20-13-22(34-2)25-21(30)15-27(35-23(25)14-20)8-10-28(11-9-27)26(32)19-12-24(31)29(17-19)16-18-6-4-3-5-7-18/h3-7,13-14,19H,8-12,15-17H2,1-2H3. The molecule has 0 aliphatic carbocycles. The molecule has 0 N–H and O–H groups in total. The minimum Gasteiger partial charge on any atom is -0.496 e. The van der Waals surface area contributed by atoms with Crippen LogP contribution in [0.2, 0.25) is 0 Å². The molecule has 3 heterocycles. The zero-order valence-electron chi connectivity index (χ0n) is 20.1. The Morgan fingerprint density at radius 2 is 1.83 bits per heavy atom. The first kappa shape index (κ1) is 23.2. The second-order valence-electron chi connectivity index (χ2n) is 9.57. The van der Waals surface area contributed by atoms with Crippen molar-refractivity contribution in [2.75, 3.05) is 33.9 Å². The molecule has 0 saturated carbocycles. The molecule has 5 rings (SSSR count). The number of fused-ring (bicyclic) bond motifs is 1. The first-order valence-corrected chi connectivity index (χ1v) is 12.0. The van der Waals surface area contributed by atoms with Crippen LogP contribution in [-0.2, 0) is 16.1 Å². The number of likely N-dealkylation sites (tertiary alicyclic amines) is 2. The van der Waals surface area contributed by atoms with Gasteiger partial charge in [-0.05, 0) is 5.56 Å². The molecule has 1 atom stereocenters. The van der Waals surface area contributed by atoms with Gasteiger partial charge in [0.25, 0.3) is 0 Å². The minimum absolute atomic E-state index is 0.00892. The summed E-state index contributed by atoms with van der Waals surface area (Å²) in [5.74, 6) is 1.14. The number of benzene rings is 2. The molecule has 8 heteroatoms. The summed E-state index contributed by atoms with van der Waals surface area (Å²) in [7, 11) is 3.08. The van der Waals surface area contributed by atoms with Gasteiger partial charge < -0.3 is 24.0 Å². The van der Waals surface area contributed by atoms with Gasteiger partial charge in [0.2, 0.25) is 11.8 Å². The van der Waals surface area contributed by atoms with Crippen LogP contribution in [0.5, 0.6) is 17.2 Å². The maximum absolute atomic E-state index is 13.3. The molecule has 0 aromatic heterocycles. The largest absolute Gasteiger partial charge is 0.496 e. The van der Waals surface area contributed by atoms with Crippen molar-refractivity contribution in [1.29, 1.82) is 0 Å². The summed E-state index contributed by atoms with van der Waals surface area (Å²) in [4.78, 5) is 42.5. The number of hydrogen-bond donors (Lipinski definition) is 0. The highest BCUT2D eigenvalue weighted by atomic mass is 16.5. The van der Waals surface area contributed by atoms with E-state index in [9.17, 15) is 14.4 Å². The van der Waals surface area contributed by atoms with E-state index in [0.717, 1.165) is 5.56 Å². The predicted octanol–water partition coefficient (Wildman–Crippen LogP) is 3.08. The third kappa shape index (κ3) is 4.45. The summed E-state index contributed by atoms with van der Waals surface area (Å²) in [5, 5.41) is 0. The van der Waals surface area contributed by atoms with E-state index in [4.69, 9.17) is 14.2 Å². The molecule has 1 unspecified atom stereocenters. The molecule has 0 radical (unpaired) electrons. The van der Waals surface area contributed by atoms with E-state index >= 15 is 0 Å². The second-order valence-corrected chi connectivity index (χ2v) is 9.57. The quantitative estimate of drug-likeness (QED) is 0.657. The SMILES string of the molecule is COc1cc(OC)c2c(c1)OC1(CCN(C(=O)C3CC(=O)N(Cc4ccccc4)C3)CC1)CC2=O. The Balaban J connectivity index is 1.23. The molecule has 2 aromatic carbocycles. The third-order valence-electron chi connectivity index (χ3n) is 7.35. The first-order valence-electron chi connectivity index (χ1n) is 12.0. The van der Waals surface area contributed by atoms with Gasteiger partial charge in [-0.3, -0.25) is 14.4 Å². The van der Waals surface area contributed by atoms with Crippen molar-refractivity contribution in [2.45, 2.75) is 37.8 Å². The molecule has 3 aliphatic rings. The summed E-state index contributed by atoms with van der Waals surface area (Å²) in [6.45, 7) is 1.95. The fourth-order valence-corrected chi connectivity index (χ4v) is 5.42. The van der Waals surface area contributed by atoms with Gasteiger partial charge in [-0.15, -0.1) is 0 Å². The number of methoxy groups -OCH3 is 2. The van der Waals surface area contributed by atoms with Gasteiger partial charge in [0.15, 0.2) is 5.78 Å². The number of Topliss-reactive ketones (excluding diaryl/α,β-unsaturated/α-hetero) is 1. The summed E-state index contributed by atoms with van der Waals surface area (Å²) >= 11 is 0. The molecule has 3 aliphatic heterocycles. The molecule has 2 saturated heterocycles. The number of ether oxygens (including phenoxy) is 3. The van der Waals surface area contributed by atoms with Crippen molar-refractivity contribution in [3.8, 4) is 17.2 Å². The highest BCUT2D eigenvalue weighted by Gasteiger charge is 2.46. The molecule has 35 heavy (non-hydrogen) atoms. The molecule has 2 amide bonds. The van der Waals surface area contributed by atoms with Crippen molar-refractivity contribution >= 4 is 17.6 Å². The zero-order valence-corrected chi connectivity index (χ0v) is 20.1. The molecule has 0 bridgehead atoms. The van der Waals surface area contributed by atoms with Gasteiger partial charge in [-0.25, -0.2) is 0 Å². The summed E-state index contributed by atoms with van der Waals surface area (Å²) in [6, 6.07) is 13.2. The highest BCUT2D eigenvalue weighted by Crippen LogP contribution is 2.45. The third-order valence-corrected chi connectivity index (χ3v) is 7.35. The second kappa shape index (κ2) is 9.24. The maximum atomic E-state index is 13.3. The lowest BCUT2D eigenvalue weighted by molar-refractivity contribution is -0.139. The average molecular weight is 479 g/mol. The van der Waals surface area contributed by atoms with E-state index in [1.807, 2.05) is 35.2 Å². The topological polar surface area (TPSA) is 85.4 Å². The van der Waals surface area contributed by atoms with E-state index in [2.05, 4.69) is 0 Å². The van der Waals surface area contributed by atoms with Crippen molar-refractivity contribution in [2.24, 2.45) is 5.92 Å². The van der Waals surface area contributed by atoms with Gasteiger partial charge in [0.05, 0.1) is 26.6 Å². The van der Waals surface area contributed by atoms with E-state index in [1.165, 1.54) is 7.11 Å².